The predicted molar refractivity (Wildman–Crippen MR) is 168 cm³/mol. The maximum Gasteiger partial charge on any atom is 0.417 e. The van der Waals surface area contributed by atoms with Gasteiger partial charge in [-0.2, -0.15) is 13.2 Å². The van der Waals surface area contributed by atoms with E-state index in [1.165, 1.54) is 12.4 Å². The number of nitrogens with one attached hydrogen (secondary N) is 4. The van der Waals surface area contributed by atoms with Crippen molar-refractivity contribution in [3.63, 3.8) is 0 Å². The lowest BCUT2D eigenvalue weighted by molar-refractivity contribution is -0.138. The quantitative estimate of drug-likeness (QED) is 0.180. The number of carbonyl (C=O) groups excluding carboxylic acids is 2. The van der Waals surface area contributed by atoms with Crippen LogP contribution in [0.4, 0.5) is 35.9 Å². The van der Waals surface area contributed by atoms with Crippen LogP contribution < -0.4 is 16.0 Å². The number of aromatic amines is 1. The summed E-state index contributed by atoms with van der Waals surface area (Å²) in [6.07, 6.45) is 0.185. The second-order valence-electron chi connectivity index (χ2n) is 11.0. The number of likely N-dealkylation sites (N-methyl/N-ethyl adjacent to an activating group) is 1. The van der Waals surface area contributed by atoms with Gasteiger partial charge in [0.25, 0.3) is 11.8 Å². The minimum absolute atomic E-state index is 0.234. The highest BCUT2D eigenvalue weighted by Gasteiger charge is 2.36. The Morgan fingerprint density at radius 1 is 0.978 bits per heavy atom. The number of hydrogen-bond acceptors (Lipinski definition) is 6. The smallest absolute Gasteiger partial charge is 0.355 e. The Bertz CT molecular complexity index is 1740. The first-order chi connectivity index (χ1) is 21.7. The summed E-state index contributed by atoms with van der Waals surface area (Å²) in [5, 5.41) is 8.70. The predicted octanol–water partition coefficient (Wildman–Crippen LogP) is 6.05. The Labute approximate surface area is 258 Å². The maximum atomic E-state index is 14.1. The van der Waals surface area contributed by atoms with E-state index in [9.17, 15) is 22.8 Å². The minimum atomic E-state index is -4.69. The zero-order valence-corrected chi connectivity index (χ0v) is 24.5. The average Bonchev–Trinajstić information content (AvgIpc) is 3.64. The Hall–Kier alpha value is -4.94. The molecule has 3 aromatic carbocycles. The molecule has 2 aliphatic heterocycles. The first kappa shape index (κ1) is 30.1. The Kier molecular flexibility index (Phi) is 8.42. The second-order valence-corrected chi connectivity index (χ2v) is 11.0. The molecule has 4 N–H and O–H groups in total. The average molecular weight is 616 g/mol. The number of fused-ring (bicyclic) bond motifs is 1. The van der Waals surface area contributed by atoms with Crippen molar-refractivity contribution in [3.8, 4) is 0 Å². The number of benzene rings is 3. The van der Waals surface area contributed by atoms with Gasteiger partial charge in [0.1, 0.15) is 0 Å². The van der Waals surface area contributed by atoms with E-state index in [1.807, 2.05) is 12.1 Å². The number of nitrogens with zero attached hydrogens (tertiary/aromatic N) is 3. The molecule has 0 radical (unpaired) electrons. The number of aromatic nitrogens is 2. The lowest BCUT2D eigenvalue weighted by atomic mass is 10.0. The van der Waals surface area contributed by atoms with Crippen molar-refractivity contribution < 1.29 is 22.8 Å². The number of rotatable bonds is 8. The molecule has 2 aliphatic rings. The van der Waals surface area contributed by atoms with Gasteiger partial charge in [-0.05, 0) is 60.6 Å². The molecule has 0 aliphatic carbocycles. The highest BCUT2D eigenvalue weighted by Crippen LogP contribution is 2.36. The number of halogens is 3. The molecule has 45 heavy (non-hydrogen) atoms. The van der Waals surface area contributed by atoms with Crippen LogP contribution in [0.5, 0.6) is 0 Å². The summed E-state index contributed by atoms with van der Waals surface area (Å²) < 4.78 is 42.3. The molecule has 0 saturated carbocycles. The third-order valence-electron chi connectivity index (χ3n) is 7.98. The van der Waals surface area contributed by atoms with Gasteiger partial charge >= 0.3 is 6.18 Å². The number of H-pyrrole nitrogens is 1. The van der Waals surface area contributed by atoms with Gasteiger partial charge in [-0.15, -0.1) is 0 Å². The number of imidazole rings is 1. The van der Waals surface area contributed by atoms with Crippen LogP contribution in [0.1, 0.15) is 39.7 Å². The van der Waals surface area contributed by atoms with Crippen LogP contribution >= 0.6 is 0 Å². The fraction of sp³-hybridized carbons (Fsp3) is 0.242. The molecule has 1 fully saturated rings. The molecule has 9 nitrogen and oxygen atoms in total. The molecule has 0 bridgehead atoms. The minimum Gasteiger partial charge on any atom is -0.355 e. The molecule has 4 aromatic rings. The lowest BCUT2D eigenvalue weighted by Crippen LogP contribution is -2.45. The van der Waals surface area contributed by atoms with Crippen molar-refractivity contribution in [1.29, 1.82) is 0 Å². The number of amides is 2. The third-order valence-corrected chi connectivity index (χ3v) is 7.98. The van der Waals surface area contributed by atoms with Crippen LogP contribution in [0.3, 0.4) is 0 Å². The van der Waals surface area contributed by atoms with Crippen molar-refractivity contribution in [2.45, 2.75) is 19.6 Å². The van der Waals surface area contributed by atoms with E-state index in [-0.39, 0.29) is 5.91 Å². The Morgan fingerprint density at radius 2 is 1.73 bits per heavy atom. The van der Waals surface area contributed by atoms with E-state index < -0.39 is 23.2 Å². The van der Waals surface area contributed by atoms with E-state index in [2.05, 4.69) is 42.6 Å². The van der Waals surface area contributed by atoms with E-state index >= 15 is 0 Å². The van der Waals surface area contributed by atoms with Crippen molar-refractivity contribution in [1.82, 2.24) is 19.8 Å². The third kappa shape index (κ3) is 6.92. The zero-order valence-electron chi connectivity index (χ0n) is 24.5. The Morgan fingerprint density at radius 3 is 2.47 bits per heavy atom. The summed E-state index contributed by atoms with van der Waals surface area (Å²) in [5.41, 5.74) is 3.30. The van der Waals surface area contributed by atoms with E-state index in [1.54, 1.807) is 48.7 Å². The summed E-state index contributed by atoms with van der Waals surface area (Å²) in [6, 6.07) is 16.0. The van der Waals surface area contributed by atoms with Gasteiger partial charge in [0, 0.05) is 55.3 Å². The van der Waals surface area contributed by atoms with Crippen LogP contribution in [0.2, 0.25) is 0 Å². The topological polar surface area (TPSA) is 105 Å². The lowest BCUT2D eigenvalue weighted by Gasteiger charge is -2.34. The molecule has 0 atom stereocenters. The molecule has 0 spiro atoms. The van der Waals surface area contributed by atoms with Gasteiger partial charge in [-0.3, -0.25) is 14.5 Å². The molecule has 3 heterocycles. The number of hydrogen-bond donors (Lipinski definition) is 4. The second kappa shape index (κ2) is 12.6. The van der Waals surface area contributed by atoms with Crippen LogP contribution in [-0.2, 0) is 17.5 Å². The number of carbonyl (C=O) groups is 2. The maximum absolute atomic E-state index is 14.1. The monoisotopic (exact) mass is 615 g/mol. The van der Waals surface area contributed by atoms with Crippen LogP contribution in [0, 0.1) is 0 Å². The highest BCUT2D eigenvalue weighted by atomic mass is 19.4. The summed E-state index contributed by atoms with van der Waals surface area (Å²) in [4.78, 5) is 37.0. The normalized spacial score (nSPS) is 16.4. The fourth-order valence-electron chi connectivity index (χ4n) is 5.60. The van der Waals surface area contributed by atoms with Crippen molar-refractivity contribution in [3.05, 3.63) is 101 Å². The van der Waals surface area contributed by atoms with Gasteiger partial charge in [-0.25, -0.2) is 4.98 Å². The van der Waals surface area contributed by atoms with Gasteiger partial charge in [-0.1, -0.05) is 25.1 Å². The molecule has 1 saturated heterocycles. The van der Waals surface area contributed by atoms with E-state index in [0.29, 0.717) is 46.1 Å². The van der Waals surface area contributed by atoms with Crippen LogP contribution in [0.15, 0.2) is 73.2 Å². The number of alkyl halides is 3. The first-order valence-corrected chi connectivity index (χ1v) is 14.7. The zero-order chi connectivity index (χ0) is 31.6. The van der Waals surface area contributed by atoms with Gasteiger partial charge in [0.15, 0.2) is 0 Å². The van der Waals surface area contributed by atoms with E-state index in [0.717, 1.165) is 44.4 Å². The SMILES string of the molecule is CCN1CCN(Cc2ccc(C(=O)Nc3cccc(Nc4ccc5c(c4)NC(=O)C5=Cc4cnc[nH]4)c3)c(C(F)(F)F)c2)CC1. The van der Waals surface area contributed by atoms with Crippen LogP contribution in [-0.4, -0.2) is 64.3 Å². The van der Waals surface area contributed by atoms with Gasteiger partial charge < -0.3 is 25.8 Å². The highest BCUT2D eigenvalue weighted by molar-refractivity contribution is 6.35. The van der Waals surface area contributed by atoms with Crippen molar-refractivity contribution in [2.24, 2.45) is 0 Å². The summed E-state index contributed by atoms with van der Waals surface area (Å²) in [6.45, 7) is 6.77. The molecule has 1 aromatic heterocycles. The summed E-state index contributed by atoms with van der Waals surface area (Å²) in [5.74, 6) is -1.08. The number of anilines is 4. The van der Waals surface area contributed by atoms with Gasteiger partial charge in [0.2, 0.25) is 0 Å². The standard InChI is InChI=1S/C33H32F3N7O2/c1-2-42-10-12-43(13-11-42)19-21-6-8-27(29(14-21)33(34,35)36)31(44)40-23-5-3-4-22(15-23)39-24-7-9-26-28(16-25-18-37-20-38-25)32(45)41-30(26)17-24/h3-9,14-18,20,39H,2,10-13,19H2,1H3,(H,37,38)(H,40,44)(H,41,45). The molecule has 12 heteroatoms. The van der Waals surface area contributed by atoms with Crippen molar-refractivity contribution >= 4 is 46.2 Å². The molecular weight excluding hydrogens is 583 g/mol. The molecule has 0 unspecified atom stereocenters. The van der Waals surface area contributed by atoms with E-state index in [4.69, 9.17) is 0 Å². The molecular formula is C33H32F3N7O2. The fourth-order valence-corrected chi connectivity index (χ4v) is 5.60. The number of piperazine rings is 1. The molecule has 232 valence electrons. The van der Waals surface area contributed by atoms with Gasteiger partial charge in [0.05, 0.1) is 40.6 Å². The molecule has 6 rings (SSSR count). The van der Waals surface area contributed by atoms with Crippen LogP contribution in [0.25, 0.3) is 11.6 Å². The Balaban J connectivity index is 1.15. The summed E-state index contributed by atoms with van der Waals surface area (Å²) >= 11 is 0. The molecule has 2 amide bonds. The first-order valence-electron chi connectivity index (χ1n) is 14.7. The summed E-state index contributed by atoms with van der Waals surface area (Å²) in [7, 11) is 0. The van der Waals surface area contributed by atoms with Crippen molar-refractivity contribution in [2.75, 3.05) is 48.7 Å². The largest absolute Gasteiger partial charge is 0.417 e.